The highest BCUT2D eigenvalue weighted by molar-refractivity contribution is 5.31. The van der Waals surface area contributed by atoms with Crippen molar-refractivity contribution in [3.05, 3.63) is 48.0 Å². The predicted molar refractivity (Wildman–Crippen MR) is 86.2 cm³/mol. The third-order valence-electron chi connectivity index (χ3n) is 3.58. The van der Waals surface area contributed by atoms with Gasteiger partial charge in [-0.3, -0.25) is 4.98 Å². The highest BCUT2D eigenvalue weighted by atomic mass is 15.1. The fraction of sp³-hybridized carbons (Fsp3) is 0.412. The van der Waals surface area contributed by atoms with Gasteiger partial charge < -0.3 is 5.32 Å². The van der Waals surface area contributed by atoms with Crippen molar-refractivity contribution in [1.29, 1.82) is 5.26 Å². The molecule has 0 aromatic carbocycles. The molecule has 5 nitrogen and oxygen atoms in total. The highest BCUT2D eigenvalue weighted by Crippen LogP contribution is 2.21. The van der Waals surface area contributed by atoms with Gasteiger partial charge in [-0.2, -0.15) is 5.26 Å². The van der Waals surface area contributed by atoms with Gasteiger partial charge in [-0.05, 0) is 37.5 Å². The molecule has 3 rings (SSSR count). The fourth-order valence-electron chi connectivity index (χ4n) is 2.37. The second kappa shape index (κ2) is 8.73. The van der Waals surface area contributed by atoms with Gasteiger partial charge in [-0.25, -0.2) is 9.97 Å². The Morgan fingerprint density at radius 2 is 1.95 bits per heavy atom. The lowest BCUT2D eigenvalue weighted by atomic mass is 10.2. The summed E-state index contributed by atoms with van der Waals surface area (Å²) in [6.45, 7) is 1.94. The Hall–Kier alpha value is -2.48. The van der Waals surface area contributed by atoms with Crippen LogP contribution in [0.1, 0.15) is 36.9 Å². The van der Waals surface area contributed by atoms with Gasteiger partial charge in [-0.1, -0.05) is 18.9 Å². The van der Waals surface area contributed by atoms with Crippen LogP contribution in [0.3, 0.4) is 0 Å². The third kappa shape index (κ3) is 5.13. The minimum absolute atomic E-state index is 0.355. The zero-order valence-corrected chi connectivity index (χ0v) is 12.9. The first-order valence-corrected chi connectivity index (χ1v) is 7.60. The number of hydrogen-bond donors (Lipinski definition) is 1. The van der Waals surface area contributed by atoms with E-state index in [1.54, 1.807) is 18.6 Å². The second-order valence-electron chi connectivity index (χ2n) is 5.31. The minimum Gasteiger partial charge on any atom is -0.351 e. The van der Waals surface area contributed by atoms with Crippen LogP contribution >= 0.6 is 0 Å². The molecule has 0 saturated heterocycles. The van der Waals surface area contributed by atoms with Crippen molar-refractivity contribution in [1.82, 2.24) is 15.0 Å². The van der Waals surface area contributed by atoms with E-state index in [1.807, 2.05) is 25.1 Å². The number of nitriles is 1. The van der Waals surface area contributed by atoms with Gasteiger partial charge in [0, 0.05) is 24.6 Å². The first-order valence-electron chi connectivity index (χ1n) is 7.60. The molecule has 0 spiro atoms. The number of pyridine rings is 1. The molecule has 2 aromatic heterocycles. The molecule has 114 valence electrons. The van der Waals surface area contributed by atoms with E-state index < -0.39 is 0 Å². The molecule has 0 atom stereocenters. The van der Waals surface area contributed by atoms with Crippen molar-refractivity contribution in [2.75, 3.05) is 5.32 Å². The zero-order valence-electron chi connectivity index (χ0n) is 12.9. The number of nitrogens with zero attached hydrogens (tertiary/aromatic N) is 4. The van der Waals surface area contributed by atoms with Gasteiger partial charge in [0.05, 0.1) is 18.2 Å². The summed E-state index contributed by atoms with van der Waals surface area (Å²) in [6, 6.07) is 8.35. The second-order valence-corrected chi connectivity index (χ2v) is 5.31. The summed E-state index contributed by atoms with van der Waals surface area (Å²) >= 11 is 0. The SMILES string of the molecule is Cc1cnc(NC2CCCC2)nc1CC#N.c1ccncc1. The third-order valence-corrected chi connectivity index (χ3v) is 3.58. The number of aryl methyl sites for hydroxylation is 1. The Morgan fingerprint density at radius 3 is 2.50 bits per heavy atom. The van der Waals surface area contributed by atoms with Crippen molar-refractivity contribution >= 4 is 5.95 Å². The molecule has 2 aromatic rings. The summed E-state index contributed by atoms with van der Waals surface area (Å²) in [6.07, 6.45) is 10.6. The average Bonchev–Trinajstić information content (AvgIpc) is 3.06. The maximum Gasteiger partial charge on any atom is 0.223 e. The Morgan fingerprint density at radius 1 is 1.23 bits per heavy atom. The van der Waals surface area contributed by atoms with Crippen LogP contribution in [0.5, 0.6) is 0 Å². The largest absolute Gasteiger partial charge is 0.351 e. The standard InChI is InChI=1S/C12H16N4.C5H5N/c1-9-8-14-12(16-11(9)6-7-13)15-10-4-2-3-5-10;1-2-4-6-5-3-1/h8,10H,2-6H2,1H3,(H,14,15,16);1-5H. The Kier molecular flexibility index (Phi) is 6.31. The van der Waals surface area contributed by atoms with Gasteiger partial charge in [0.15, 0.2) is 0 Å². The summed E-state index contributed by atoms with van der Waals surface area (Å²) in [4.78, 5) is 12.4. The maximum atomic E-state index is 8.69. The van der Waals surface area contributed by atoms with Crippen LogP contribution < -0.4 is 5.32 Å². The monoisotopic (exact) mass is 295 g/mol. The Bertz CT molecular complexity index is 573. The molecular weight excluding hydrogens is 274 g/mol. The number of anilines is 1. The van der Waals surface area contributed by atoms with E-state index in [0.717, 1.165) is 11.3 Å². The number of aromatic nitrogens is 3. The quantitative estimate of drug-likeness (QED) is 0.940. The van der Waals surface area contributed by atoms with Crippen molar-refractivity contribution in [2.45, 2.75) is 45.1 Å². The fourth-order valence-corrected chi connectivity index (χ4v) is 2.37. The lowest BCUT2D eigenvalue weighted by Crippen LogP contribution is -2.17. The van der Waals surface area contributed by atoms with E-state index in [1.165, 1.54) is 25.7 Å². The van der Waals surface area contributed by atoms with Crippen LogP contribution in [0, 0.1) is 18.3 Å². The van der Waals surface area contributed by atoms with Gasteiger partial charge in [0.1, 0.15) is 0 Å². The lowest BCUT2D eigenvalue weighted by molar-refractivity contribution is 0.741. The summed E-state index contributed by atoms with van der Waals surface area (Å²) < 4.78 is 0. The molecule has 1 aliphatic rings. The van der Waals surface area contributed by atoms with E-state index in [2.05, 4.69) is 26.3 Å². The first kappa shape index (κ1) is 15.9. The molecule has 5 heteroatoms. The molecule has 0 bridgehead atoms. The van der Waals surface area contributed by atoms with Crippen LogP contribution in [-0.2, 0) is 6.42 Å². The van der Waals surface area contributed by atoms with E-state index in [4.69, 9.17) is 5.26 Å². The Labute approximate surface area is 131 Å². The smallest absolute Gasteiger partial charge is 0.223 e. The van der Waals surface area contributed by atoms with E-state index >= 15 is 0 Å². The van der Waals surface area contributed by atoms with Gasteiger partial charge in [-0.15, -0.1) is 0 Å². The molecule has 0 aliphatic heterocycles. The zero-order chi connectivity index (χ0) is 15.6. The summed E-state index contributed by atoms with van der Waals surface area (Å²) in [5, 5.41) is 12.0. The van der Waals surface area contributed by atoms with Crippen LogP contribution in [0.25, 0.3) is 0 Å². The van der Waals surface area contributed by atoms with Gasteiger partial charge >= 0.3 is 0 Å². The summed E-state index contributed by atoms with van der Waals surface area (Å²) in [5.41, 5.74) is 1.82. The van der Waals surface area contributed by atoms with Gasteiger partial charge in [0.2, 0.25) is 5.95 Å². The van der Waals surface area contributed by atoms with Crippen molar-refractivity contribution in [3.8, 4) is 6.07 Å². The predicted octanol–water partition coefficient (Wildman–Crippen LogP) is 3.29. The molecule has 1 aliphatic carbocycles. The average molecular weight is 295 g/mol. The molecule has 22 heavy (non-hydrogen) atoms. The van der Waals surface area contributed by atoms with E-state index in [-0.39, 0.29) is 0 Å². The molecular formula is C17H21N5. The number of rotatable bonds is 3. The molecule has 1 saturated carbocycles. The van der Waals surface area contributed by atoms with Gasteiger partial charge in [0.25, 0.3) is 0 Å². The molecule has 0 amide bonds. The van der Waals surface area contributed by atoms with Crippen LogP contribution in [0.2, 0.25) is 0 Å². The van der Waals surface area contributed by atoms with Crippen LogP contribution in [0.15, 0.2) is 36.8 Å². The van der Waals surface area contributed by atoms with E-state index in [0.29, 0.717) is 18.4 Å². The summed E-state index contributed by atoms with van der Waals surface area (Å²) in [7, 11) is 0. The summed E-state index contributed by atoms with van der Waals surface area (Å²) in [5.74, 6) is 0.669. The van der Waals surface area contributed by atoms with Crippen LogP contribution in [-0.4, -0.2) is 21.0 Å². The van der Waals surface area contributed by atoms with Crippen molar-refractivity contribution in [3.63, 3.8) is 0 Å². The lowest BCUT2D eigenvalue weighted by Gasteiger charge is -2.12. The maximum absolute atomic E-state index is 8.69. The molecule has 0 unspecified atom stereocenters. The Balaban J connectivity index is 0.000000246. The number of hydrogen-bond acceptors (Lipinski definition) is 5. The number of nitrogens with one attached hydrogen (secondary N) is 1. The van der Waals surface area contributed by atoms with Crippen LogP contribution in [0.4, 0.5) is 5.95 Å². The first-order chi connectivity index (χ1) is 10.8. The molecule has 0 radical (unpaired) electrons. The van der Waals surface area contributed by atoms with Crippen molar-refractivity contribution < 1.29 is 0 Å². The molecule has 1 N–H and O–H groups in total. The molecule has 1 fully saturated rings. The normalized spacial score (nSPS) is 13.8. The minimum atomic E-state index is 0.355. The molecule has 2 heterocycles. The topological polar surface area (TPSA) is 74.5 Å². The van der Waals surface area contributed by atoms with E-state index in [9.17, 15) is 0 Å². The highest BCUT2D eigenvalue weighted by Gasteiger charge is 2.15. The van der Waals surface area contributed by atoms with Crippen molar-refractivity contribution in [2.24, 2.45) is 0 Å².